The Bertz CT molecular complexity index is 1260. The molecule has 7 heteroatoms. The number of oxime groups is 1. The van der Waals surface area contributed by atoms with E-state index in [9.17, 15) is 9.59 Å². The molecular weight excluding hydrogens is 537 g/mol. The number of para-hydroxylation sites is 1. The van der Waals surface area contributed by atoms with Crippen LogP contribution < -0.4 is 0 Å². The third-order valence-electron chi connectivity index (χ3n) is 4.60. The molecule has 0 radical (unpaired) electrons. The SMILES string of the molecule is CC(=O)O/N=C(\CI)c1ccc(Sc2ccc(C(=O)c3cc4ccccc4o3)cc2)cc1. The second-order valence-electron chi connectivity index (χ2n) is 6.88. The highest BCUT2D eigenvalue weighted by Crippen LogP contribution is 2.29. The summed E-state index contributed by atoms with van der Waals surface area (Å²) in [5, 5.41) is 4.82. The summed E-state index contributed by atoms with van der Waals surface area (Å²) < 4.78 is 6.31. The van der Waals surface area contributed by atoms with E-state index in [1.165, 1.54) is 6.92 Å². The second kappa shape index (κ2) is 10.1. The Balaban J connectivity index is 1.44. The van der Waals surface area contributed by atoms with E-state index >= 15 is 0 Å². The smallest absolute Gasteiger partial charge is 0.331 e. The van der Waals surface area contributed by atoms with E-state index < -0.39 is 5.97 Å². The van der Waals surface area contributed by atoms with Crippen LogP contribution in [0.1, 0.15) is 28.6 Å². The lowest BCUT2D eigenvalue weighted by Crippen LogP contribution is -2.05. The maximum absolute atomic E-state index is 12.8. The van der Waals surface area contributed by atoms with Crippen molar-refractivity contribution in [3.63, 3.8) is 0 Å². The lowest BCUT2D eigenvalue weighted by atomic mass is 10.1. The van der Waals surface area contributed by atoms with Gasteiger partial charge in [0.15, 0.2) is 5.76 Å². The van der Waals surface area contributed by atoms with Crippen molar-refractivity contribution in [2.75, 3.05) is 4.43 Å². The first-order valence-corrected chi connectivity index (χ1v) is 12.1. The lowest BCUT2D eigenvalue weighted by Gasteiger charge is -2.06. The van der Waals surface area contributed by atoms with Gasteiger partial charge in [-0.1, -0.05) is 69.8 Å². The quantitative estimate of drug-likeness (QED) is 0.0649. The number of nitrogens with zero attached hydrogens (tertiary/aromatic N) is 1. The number of halogens is 1. The summed E-state index contributed by atoms with van der Waals surface area (Å²) in [6.07, 6.45) is 0. The fourth-order valence-electron chi connectivity index (χ4n) is 3.04. The van der Waals surface area contributed by atoms with E-state index in [4.69, 9.17) is 9.25 Å². The first-order chi connectivity index (χ1) is 15.5. The molecule has 0 amide bonds. The molecule has 0 N–H and O–H groups in total. The van der Waals surface area contributed by atoms with Gasteiger partial charge in [-0.05, 0) is 48.5 Å². The molecule has 5 nitrogen and oxygen atoms in total. The standard InChI is InChI=1S/C25H18INO4S/c1-16(28)31-27-22(15-26)17-6-10-20(11-7-17)32-21-12-8-18(9-13-21)25(29)24-14-19-4-2-3-5-23(19)30-24/h2-14H,15H2,1H3/b27-22+. The first-order valence-electron chi connectivity index (χ1n) is 9.75. The number of hydrogen-bond donors (Lipinski definition) is 0. The van der Waals surface area contributed by atoms with Crippen molar-refractivity contribution in [1.29, 1.82) is 0 Å². The van der Waals surface area contributed by atoms with Crippen LogP contribution in [0.3, 0.4) is 0 Å². The summed E-state index contributed by atoms with van der Waals surface area (Å²) in [7, 11) is 0. The number of ketones is 1. The van der Waals surface area contributed by atoms with Crippen LogP contribution >= 0.6 is 34.4 Å². The van der Waals surface area contributed by atoms with Gasteiger partial charge in [0.05, 0.1) is 5.71 Å². The van der Waals surface area contributed by atoms with Gasteiger partial charge in [-0.2, -0.15) is 0 Å². The zero-order valence-corrected chi connectivity index (χ0v) is 20.1. The molecule has 0 bridgehead atoms. The van der Waals surface area contributed by atoms with Crippen LogP contribution in [-0.2, 0) is 9.63 Å². The molecule has 32 heavy (non-hydrogen) atoms. The average Bonchev–Trinajstić information content (AvgIpc) is 3.25. The van der Waals surface area contributed by atoms with Gasteiger partial charge >= 0.3 is 5.97 Å². The summed E-state index contributed by atoms with van der Waals surface area (Å²) in [4.78, 5) is 30.6. The predicted octanol–water partition coefficient (Wildman–Crippen LogP) is 6.52. The number of carbonyl (C=O) groups is 2. The van der Waals surface area contributed by atoms with E-state index in [2.05, 4.69) is 27.7 Å². The number of carbonyl (C=O) groups excluding carboxylic acids is 2. The van der Waals surface area contributed by atoms with Crippen LogP contribution in [0.2, 0.25) is 0 Å². The van der Waals surface area contributed by atoms with Crippen LogP contribution in [0.25, 0.3) is 11.0 Å². The van der Waals surface area contributed by atoms with Gasteiger partial charge in [-0.3, -0.25) is 4.79 Å². The van der Waals surface area contributed by atoms with E-state index in [1.807, 2.05) is 72.8 Å². The van der Waals surface area contributed by atoms with Gasteiger partial charge in [-0.25, -0.2) is 4.79 Å². The maximum atomic E-state index is 12.8. The Hall–Kier alpha value is -2.91. The fraction of sp³-hybridized carbons (Fsp3) is 0.0800. The summed E-state index contributed by atoms with van der Waals surface area (Å²) in [6, 6.07) is 24.7. The molecule has 0 spiro atoms. The molecule has 0 aliphatic rings. The van der Waals surface area contributed by atoms with Gasteiger partial charge in [0.2, 0.25) is 5.78 Å². The minimum Gasteiger partial charge on any atom is -0.453 e. The Morgan fingerprint density at radius 1 is 0.938 bits per heavy atom. The van der Waals surface area contributed by atoms with E-state index in [0.29, 0.717) is 27.0 Å². The number of hydrogen-bond acceptors (Lipinski definition) is 6. The molecule has 1 heterocycles. The van der Waals surface area contributed by atoms with Gasteiger partial charge in [0.1, 0.15) is 5.58 Å². The number of fused-ring (bicyclic) bond motifs is 1. The summed E-state index contributed by atoms with van der Waals surface area (Å²) >= 11 is 3.77. The fourth-order valence-corrected chi connectivity index (χ4v) is 4.43. The Morgan fingerprint density at radius 3 is 2.16 bits per heavy atom. The van der Waals surface area contributed by atoms with Crippen molar-refractivity contribution in [3.05, 3.63) is 95.7 Å². The number of alkyl halides is 1. The van der Waals surface area contributed by atoms with Crippen LogP contribution in [0, 0.1) is 0 Å². The van der Waals surface area contributed by atoms with Crippen molar-refractivity contribution >= 4 is 62.8 Å². The number of furan rings is 1. The van der Waals surface area contributed by atoms with Crippen LogP contribution in [0.15, 0.2) is 98.2 Å². The van der Waals surface area contributed by atoms with E-state index in [-0.39, 0.29) is 5.78 Å². The van der Waals surface area contributed by atoms with Crippen molar-refractivity contribution in [3.8, 4) is 0 Å². The van der Waals surface area contributed by atoms with E-state index in [1.54, 1.807) is 17.8 Å². The molecule has 0 saturated carbocycles. The van der Waals surface area contributed by atoms with Crippen LogP contribution in [0.4, 0.5) is 0 Å². The molecule has 0 saturated heterocycles. The van der Waals surface area contributed by atoms with Crippen LogP contribution in [-0.4, -0.2) is 21.9 Å². The molecule has 1 aromatic heterocycles. The number of benzene rings is 3. The highest BCUT2D eigenvalue weighted by Gasteiger charge is 2.14. The molecule has 0 aliphatic carbocycles. The van der Waals surface area contributed by atoms with E-state index in [0.717, 1.165) is 20.7 Å². The van der Waals surface area contributed by atoms with Crippen LogP contribution in [0.5, 0.6) is 0 Å². The summed E-state index contributed by atoms with van der Waals surface area (Å²) in [6.45, 7) is 1.32. The van der Waals surface area contributed by atoms with Crippen molar-refractivity contribution in [2.45, 2.75) is 16.7 Å². The molecular formula is C25H18INO4S. The van der Waals surface area contributed by atoms with Gasteiger partial charge in [0, 0.05) is 37.7 Å². The normalized spacial score (nSPS) is 11.5. The minimum absolute atomic E-state index is 0.138. The average molecular weight is 555 g/mol. The highest BCUT2D eigenvalue weighted by atomic mass is 127. The number of rotatable bonds is 7. The van der Waals surface area contributed by atoms with Crippen molar-refractivity contribution in [2.24, 2.45) is 5.16 Å². The van der Waals surface area contributed by atoms with Crippen molar-refractivity contribution in [1.82, 2.24) is 0 Å². The van der Waals surface area contributed by atoms with Gasteiger partial charge in [0.25, 0.3) is 0 Å². The molecule has 160 valence electrons. The monoisotopic (exact) mass is 555 g/mol. The second-order valence-corrected chi connectivity index (χ2v) is 8.79. The predicted molar refractivity (Wildman–Crippen MR) is 134 cm³/mol. The molecule has 0 fully saturated rings. The van der Waals surface area contributed by atoms with Gasteiger partial charge in [-0.15, -0.1) is 0 Å². The van der Waals surface area contributed by atoms with Crippen molar-refractivity contribution < 1.29 is 18.8 Å². The molecule has 0 aliphatic heterocycles. The maximum Gasteiger partial charge on any atom is 0.331 e. The summed E-state index contributed by atoms with van der Waals surface area (Å²) in [5.74, 6) is -0.244. The third-order valence-corrected chi connectivity index (χ3v) is 6.34. The Morgan fingerprint density at radius 2 is 1.56 bits per heavy atom. The summed E-state index contributed by atoms with van der Waals surface area (Å²) in [5.41, 5.74) is 2.88. The molecule has 4 rings (SSSR count). The van der Waals surface area contributed by atoms with Gasteiger partial charge < -0.3 is 9.25 Å². The third kappa shape index (κ3) is 5.28. The zero-order chi connectivity index (χ0) is 22.5. The molecule has 3 aromatic carbocycles. The Kier molecular flexibility index (Phi) is 7.06. The molecule has 0 unspecified atom stereocenters. The molecule has 4 aromatic rings. The Labute approximate surface area is 203 Å². The highest BCUT2D eigenvalue weighted by molar-refractivity contribution is 14.1. The lowest BCUT2D eigenvalue weighted by molar-refractivity contribution is -0.140. The largest absolute Gasteiger partial charge is 0.453 e. The zero-order valence-electron chi connectivity index (χ0n) is 17.1. The topological polar surface area (TPSA) is 68.9 Å². The minimum atomic E-state index is -0.443. The first kappa shape index (κ1) is 22.3. The molecule has 0 atom stereocenters.